The van der Waals surface area contributed by atoms with Crippen LogP contribution in [0.5, 0.6) is 0 Å². The highest BCUT2D eigenvalue weighted by atomic mass is 32.1. The number of aryl methyl sites for hydroxylation is 2. The molecular weight excluding hydrogens is 1150 g/mol. The second-order valence-electron chi connectivity index (χ2n) is 22.0. The molecular formula is C64H72F2N4S8Si. The zero-order valence-corrected chi connectivity index (χ0v) is 54.1. The van der Waals surface area contributed by atoms with E-state index in [2.05, 4.69) is 102 Å². The van der Waals surface area contributed by atoms with Crippen LogP contribution in [0.25, 0.3) is 93.8 Å². The second kappa shape index (κ2) is 25.9. The summed E-state index contributed by atoms with van der Waals surface area (Å²) in [5, 5.41) is 5.05. The van der Waals surface area contributed by atoms with Gasteiger partial charge in [-0.1, -0.05) is 131 Å². The molecule has 1 aliphatic rings. The fourth-order valence-corrected chi connectivity index (χ4v) is 28.5. The first-order valence-electron chi connectivity index (χ1n) is 29.3. The molecule has 2 atom stereocenters. The van der Waals surface area contributed by atoms with Crippen LogP contribution < -0.4 is 10.4 Å². The minimum atomic E-state index is -2.75. The monoisotopic (exact) mass is 1220 g/mol. The first-order chi connectivity index (χ1) is 38.7. The third-order valence-corrected chi connectivity index (χ3v) is 30.8. The molecule has 0 saturated heterocycles. The maximum atomic E-state index is 17.8. The van der Waals surface area contributed by atoms with Crippen molar-refractivity contribution in [1.82, 2.24) is 17.5 Å². The van der Waals surface area contributed by atoms with E-state index in [1.54, 1.807) is 57.5 Å². The normalized spacial score (nSPS) is 15.0. The number of hydrogen-bond acceptors (Lipinski definition) is 12. The highest BCUT2D eigenvalue weighted by Gasteiger charge is 2.51. The molecule has 0 fully saturated rings. The van der Waals surface area contributed by atoms with Gasteiger partial charge >= 0.3 is 0 Å². The van der Waals surface area contributed by atoms with Gasteiger partial charge in [0.25, 0.3) is 0 Å². The molecule has 0 bridgehead atoms. The summed E-state index contributed by atoms with van der Waals surface area (Å²) in [4.78, 5) is 13.2. The molecule has 10 aromatic rings. The van der Waals surface area contributed by atoms with Gasteiger partial charge in [-0.05, 0) is 138 Å². The van der Waals surface area contributed by atoms with Gasteiger partial charge in [0.1, 0.15) is 41.8 Å². The number of halogens is 2. The van der Waals surface area contributed by atoms with E-state index in [0.29, 0.717) is 34.0 Å². The Kier molecular flexibility index (Phi) is 18.7. The van der Waals surface area contributed by atoms with Crippen LogP contribution in [-0.2, 0) is 12.8 Å². The molecule has 0 aliphatic carbocycles. The van der Waals surface area contributed by atoms with Crippen molar-refractivity contribution in [3.8, 4) is 71.7 Å². The second-order valence-corrected chi connectivity index (χ2v) is 33.5. The number of nitrogens with zero attached hydrogens (tertiary/aromatic N) is 4. The third-order valence-electron chi connectivity index (χ3n) is 16.7. The lowest BCUT2D eigenvalue weighted by Gasteiger charge is -2.36. The molecule has 0 amide bonds. The van der Waals surface area contributed by atoms with E-state index in [0.717, 1.165) is 93.0 Å². The van der Waals surface area contributed by atoms with Crippen molar-refractivity contribution in [2.24, 2.45) is 11.8 Å². The van der Waals surface area contributed by atoms with E-state index in [-0.39, 0.29) is 11.6 Å². The number of benzene rings is 2. The molecule has 414 valence electrons. The summed E-state index contributed by atoms with van der Waals surface area (Å²) >= 11 is 13.0. The summed E-state index contributed by atoms with van der Waals surface area (Å²) in [6.45, 7) is 13.9. The van der Waals surface area contributed by atoms with E-state index in [1.807, 2.05) is 22.7 Å². The molecule has 0 N–H and O–H groups in total. The fourth-order valence-electron chi connectivity index (χ4n) is 12.4. The molecule has 2 aromatic carbocycles. The number of aromatic nitrogens is 4. The van der Waals surface area contributed by atoms with E-state index < -0.39 is 8.07 Å². The topological polar surface area (TPSA) is 51.6 Å². The Morgan fingerprint density at radius 1 is 0.443 bits per heavy atom. The maximum Gasteiger partial charge on any atom is 0.134 e. The first kappa shape index (κ1) is 57.2. The molecule has 0 saturated carbocycles. The molecule has 0 spiro atoms. The molecule has 2 unspecified atom stereocenters. The van der Waals surface area contributed by atoms with Crippen LogP contribution in [0.4, 0.5) is 8.78 Å². The zero-order chi connectivity index (χ0) is 54.6. The highest BCUT2D eigenvalue weighted by Crippen LogP contribution is 2.52. The van der Waals surface area contributed by atoms with Gasteiger partial charge in [-0.25, -0.2) is 8.78 Å². The summed E-state index contributed by atoms with van der Waals surface area (Å²) in [6.07, 6.45) is 21.5. The Bertz CT molecular complexity index is 3640. The Labute approximate surface area is 500 Å². The van der Waals surface area contributed by atoms with Crippen LogP contribution in [0.3, 0.4) is 0 Å². The van der Waals surface area contributed by atoms with Gasteiger partial charge in [0.15, 0.2) is 0 Å². The quantitative estimate of drug-likeness (QED) is 0.0362. The van der Waals surface area contributed by atoms with E-state index >= 15 is 8.78 Å². The smallest absolute Gasteiger partial charge is 0.134 e. The summed E-state index contributed by atoms with van der Waals surface area (Å²) in [7, 11) is -2.75. The fraction of sp³-hybridized carbons (Fsp3) is 0.438. The average Bonchev–Trinajstić information content (AvgIpc) is 2.96. The summed E-state index contributed by atoms with van der Waals surface area (Å²) in [5.41, 5.74) is 6.61. The Morgan fingerprint density at radius 2 is 0.911 bits per heavy atom. The average molecular weight is 1220 g/mol. The van der Waals surface area contributed by atoms with Crippen molar-refractivity contribution in [3.05, 3.63) is 93.5 Å². The van der Waals surface area contributed by atoms with Crippen LogP contribution in [-0.4, -0.2) is 25.6 Å². The number of rotatable bonds is 28. The van der Waals surface area contributed by atoms with Gasteiger partial charge < -0.3 is 0 Å². The number of fused-ring (bicyclic) bond motifs is 5. The Hall–Kier alpha value is -3.64. The van der Waals surface area contributed by atoms with Gasteiger partial charge in [0.2, 0.25) is 0 Å². The summed E-state index contributed by atoms with van der Waals surface area (Å²) < 4.78 is 55.1. The highest BCUT2D eigenvalue weighted by molar-refractivity contribution is 7.30. The van der Waals surface area contributed by atoms with Crippen LogP contribution in [0.15, 0.2) is 72.1 Å². The van der Waals surface area contributed by atoms with Gasteiger partial charge in [0, 0.05) is 70.3 Å². The zero-order valence-electron chi connectivity index (χ0n) is 46.5. The van der Waals surface area contributed by atoms with Crippen molar-refractivity contribution in [3.63, 3.8) is 0 Å². The minimum Gasteiger partial charge on any atom is -0.206 e. The molecule has 8 aromatic heterocycles. The lowest BCUT2D eigenvalue weighted by molar-refractivity contribution is 0.469. The minimum absolute atomic E-state index is 0.234. The van der Waals surface area contributed by atoms with Crippen molar-refractivity contribution in [2.75, 3.05) is 0 Å². The van der Waals surface area contributed by atoms with Gasteiger partial charge in [-0.3, -0.25) is 0 Å². The number of unbranched alkanes of at least 4 members (excludes halogenated alkanes) is 8. The molecule has 15 heteroatoms. The molecule has 0 radical (unpaired) electrons. The van der Waals surface area contributed by atoms with Crippen molar-refractivity contribution < 1.29 is 8.78 Å². The van der Waals surface area contributed by atoms with Gasteiger partial charge in [-0.2, -0.15) is 17.5 Å². The predicted molar refractivity (Wildman–Crippen MR) is 351 cm³/mol. The Balaban J connectivity index is 1.00. The van der Waals surface area contributed by atoms with Crippen LogP contribution in [0.1, 0.15) is 154 Å². The van der Waals surface area contributed by atoms with Crippen molar-refractivity contribution >= 4 is 132 Å². The molecule has 1 aliphatic heterocycles. The summed E-state index contributed by atoms with van der Waals surface area (Å²) in [6, 6.07) is 25.8. The van der Waals surface area contributed by atoms with Crippen LogP contribution in [0.2, 0.25) is 12.1 Å². The lowest BCUT2D eigenvalue weighted by Crippen LogP contribution is -2.57. The van der Waals surface area contributed by atoms with Crippen molar-refractivity contribution in [1.29, 1.82) is 0 Å². The van der Waals surface area contributed by atoms with Gasteiger partial charge in [0.05, 0.1) is 29.0 Å². The van der Waals surface area contributed by atoms with Gasteiger partial charge in [-0.15, -0.1) is 68.0 Å². The first-order valence-corrected chi connectivity index (χ1v) is 38.1. The lowest BCUT2D eigenvalue weighted by atomic mass is 10.0. The standard InChI is InChI=1S/C64H72F2N4S8Si/c1-7-13-17-19-23-41-25-27-50(72-41)52-31-29-48(74-52)43-33-46(65)56(60-58(43)67-77-69-60)45-36-71-63-62-55(79(64(45)63,37-39(11-5)21-15-9-3)38-40(12-6)22-16-10-4)35-54(76-62)57-47(66)34-44(59-61(57)70-78-68-59)49-30-32-53(75-49)51-28-26-42(73-51)24-20-18-14-8-2/h25-36,39-40H,7-24,37-38H2,1-6H3. The SMILES string of the molecule is CCCCCCc1ccc(-c2ccc(-c3cc(F)c(-c4cc5c(s4)-c4scc(-c6c(F)cc(-c7ccc(-c8ccc(CCCCCC)s8)s7)c7nsnc67)c4[Si]5(CC(CC)CCCC)CC(CC)CCCC)c4nsnc34)s2)s1. The molecule has 11 rings (SSSR count). The van der Waals surface area contributed by atoms with E-state index in [4.69, 9.17) is 17.5 Å². The molecule has 79 heavy (non-hydrogen) atoms. The molecule has 9 heterocycles. The number of hydrogen-bond donors (Lipinski definition) is 0. The third kappa shape index (κ3) is 11.6. The maximum absolute atomic E-state index is 17.8. The van der Waals surface area contributed by atoms with E-state index in [9.17, 15) is 0 Å². The van der Waals surface area contributed by atoms with E-state index in [1.165, 1.54) is 150 Å². The number of thiophene rings is 6. The van der Waals surface area contributed by atoms with Crippen LogP contribution >= 0.6 is 91.5 Å². The van der Waals surface area contributed by atoms with Crippen LogP contribution in [0, 0.1) is 23.5 Å². The molecule has 4 nitrogen and oxygen atoms in total. The largest absolute Gasteiger partial charge is 0.206 e. The Morgan fingerprint density at radius 3 is 1.43 bits per heavy atom. The van der Waals surface area contributed by atoms with Crippen molar-refractivity contribution in [2.45, 2.75) is 169 Å². The predicted octanol–water partition coefficient (Wildman–Crippen LogP) is 22.6. The summed E-state index contributed by atoms with van der Waals surface area (Å²) in [5.74, 6) is 0.539.